The Bertz CT molecular complexity index is 148. The van der Waals surface area contributed by atoms with E-state index in [9.17, 15) is 10.1 Å². The summed E-state index contributed by atoms with van der Waals surface area (Å²) in [6.07, 6.45) is -1.30. The van der Waals surface area contributed by atoms with Crippen molar-refractivity contribution in [1.29, 1.82) is 0 Å². The van der Waals surface area contributed by atoms with E-state index in [-0.39, 0.29) is 0 Å². The lowest BCUT2D eigenvalue weighted by Gasteiger charge is -1.84. The number of nitro groups is 1. The number of nitrogens with zero attached hydrogens (tertiary/aromatic N) is 5. The van der Waals surface area contributed by atoms with Crippen LogP contribution in [0.2, 0.25) is 0 Å². The van der Waals surface area contributed by atoms with Gasteiger partial charge >= 0.3 is 6.29 Å². The number of rotatable bonds is 1. The summed E-state index contributed by atoms with van der Waals surface area (Å²) in [4.78, 5) is 9.02. The molecule has 0 radical (unpaired) electrons. The minimum absolute atomic E-state index is 0.681. The fourth-order valence-corrected chi connectivity index (χ4v) is 0.246. The molecule has 0 saturated carbocycles. The second kappa shape index (κ2) is 1.60. The molecule has 0 spiro atoms. The topological polar surface area (TPSA) is 92.6 Å². The molecular weight excluding hydrogens is 114 g/mol. The van der Waals surface area contributed by atoms with Gasteiger partial charge in [0.2, 0.25) is 0 Å². The van der Waals surface area contributed by atoms with Crippen LogP contribution in [-0.4, -0.2) is 11.2 Å². The van der Waals surface area contributed by atoms with E-state index in [1.165, 1.54) is 0 Å². The fraction of sp³-hybridized carbons (Fsp3) is 1.00. The predicted molar refractivity (Wildman–Crippen MR) is 20.5 cm³/mol. The Morgan fingerprint density at radius 2 is 1.88 bits per heavy atom. The molecule has 8 heavy (non-hydrogen) atoms. The molecule has 42 valence electrons. The summed E-state index contributed by atoms with van der Waals surface area (Å²) >= 11 is 0. The minimum Gasteiger partial charge on any atom is -0.260 e. The van der Waals surface area contributed by atoms with E-state index in [1.54, 1.807) is 0 Å². The van der Waals surface area contributed by atoms with Crippen LogP contribution in [0.25, 0.3) is 0 Å². The summed E-state index contributed by atoms with van der Waals surface area (Å²) in [7, 11) is 0. The molecule has 1 aliphatic rings. The normalized spacial score (nSPS) is 17.5. The molecule has 0 saturated heterocycles. The molecule has 1 aliphatic heterocycles. The second-order valence-electron chi connectivity index (χ2n) is 1.04. The van der Waals surface area contributed by atoms with Gasteiger partial charge in [0.25, 0.3) is 0 Å². The van der Waals surface area contributed by atoms with Crippen molar-refractivity contribution < 1.29 is 4.92 Å². The van der Waals surface area contributed by atoms with Crippen LogP contribution in [0, 0.1) is 10.1 Å². The Morgan fingerprint density at radius 1 is 1.38 bits per heavy atom. The maximum absolute atomic E-state index is 9.70. The number of hydrogen-bond acceptors (Lipinski definition) is 6. The van der Waals surface area contributed by atoms with E-state index < -0.39 is 11.2 Å². The van der Waals surface area contributed by atoms with Crippen LogP contribution in [0.5, 0.6) is 0 Å². The monoisotopic (exact) mass is 115 g/mol. The molecule has 7 heteroatoms. The van der Waals surface area contributed by atoms with Gasteiger partial charge in [0.15, 0.2) is 0 Å². The smallest absolute Gasteiger partial charge is 0.260 e. The molecule has 0 bridgehead atoms. The predicted octanol–water partition coefficient (Wildman–Crippen LogP) is 0.380. The lowest BCUT2D eigenvalue weighted by molar-refractivity contribution is -0.519. The zero-order valence-electron chi connectivity index (χ0n) is 3.63. The lowest BCUT2D eigenvalue weighted by Crippen LogP contribution is -2.09. The zero-order chi connectivity index (χ0) is 5.98. The van der Waals surface area contributed by atoms with Gasteiger partial charge in [-0.05, 0) is 10.4 Å². The standard InChI is InChI=1S/CHN5O2/c7-6(8)1-2-4-5-3-1/h1H. The van der Waals surface area contributed by atoms with Gasteiger partial charge in [0, 0.05) is 0 Å². The summed E-state index contributed by atoms with van der Waals surface area (Å²) in [5, 5.41) is 21.6. The molecule has 0 aromatic carbocycles. The Hall–Kier alpha value is -1.40. The van der Waals surface area contributed by atoms with E-state index in [4.69, 9.17) is 0 Å². The first-order valence-corrected chi connectivity index (χ1v) is 1.74. The molecule has 0 aromatic heterocycles. The van der Waals surface area contributed by atoms with E-state index in [0.717, 1.165) is 0 Å². The molecule has 0 fully saturated rings. The maximum Gasteiger partial charge on any atom is 0.438 e. The highest BCUT2D eigenvalue weighted by Crippen LogP contribution is 2.03. The van der Waals surface area contributed by atoms with Gasteiger partial charge in [0.1, 0.15) is 0 Å². The quantitative estimate of drug-likeness (QED) is 0.365. The third-order valence-corrected chi connectivity index (χ3v) is 0.538. The van der Waals surface area contributed by atoms with Crippen molar-refractivity contribution in [3.63, 3.8) is 0 Å². The second-order valence-corrected chi connectivity index (χ2v) is 1.04. The largest absolute Gasteiger partial charge is 0.438 e. The lowest BCUT2D eigenvalue weighted by atomic mass is 11.0. The Labute approximate surface area is 43.3 Å². The molecule has 7 nitrogen and oxygen atoms in total. The van der Waals surface area contributed by atoms with Gasteiger partial charge in [-0.2, -0.15) is 0 Å². The van der Waals surface area contributed by atoms with E-state index in [0.29, 0.717) is 0 Å². The van der Waals surface area contributed by atoms with Crippen LogP contribution in [-0.2, 0) is 0 Å². The third kappa shape index (κ3) is 0.647. The van der Waals surface area contributed by atoms with Crippen LogP contribution in [0.4, 0.5) is 0 Å². The van der Waals surface area contributed by atoms with Crippen molar-refractivity contribution in [2.75, 3.05) is 0 Å². The van der Waals surface area contributed by atoms with Crippen LogP contribution in [0.1, 0.15) is 0 Å². The number of hydrogen-bond donors (Lipinski definition) is 0. The highest BCUT2D eigenvalue weighted by atomic mass is 16.6. The molecule has 1 heterocycles. The summed E-state index contributed by atoms with van der Waals surface area (Å²) in [6, 6.07) is 0. The minimum atomic E-state index is -1.30. The summed E-state index contributed by atoms with van der Waals surface area (Å²) in [5.41, 5.74) is 0. The van der Waals surface area contributed by atoms with Crippen LogP contribution >= 0.6 is 0 Å². The summed E-state index contributed by atoms with van der Waals surface area (Å²) < 4.78 is 0. The molecule has 0 aliphatic carbocycles. The van der Waals surface area contributed by atoms with Gasteiger partial charge in [0.05, 0.1) is 4.92 Å². The first kappa shape index (κ1) is 4.75. The van der Waals surface area contributed by atoms with Crippen molar-refractivity contribution in [3.8, 4) is 0 Å². The van der Waals surface area contributed by atoms with Crippen molar-refractivity contribution in [1.82, 2.24) is 0 Å². The van der Waals surface area contributed by atoms with E-state index >= 15 is 0 Å². The van der Waals surface area contributed by atoms with Gasteiger partial charge in [-0.1, -0.05) is 10.2 Å². The summed E-state index contributed by atoms with van der Waals surface area (Å²) in [5.74, 6) is 0. The average Bonchev–Trinajstić information content (AvgIpc) is 2.12. The molecule has 0 atom stereocenters. The maximum atomic E-state index is 9.70. The highest BCUT2D eigenvalue weighted by molar-refractivity contribution is 4.43. The van der Waals surface area contributed by atoms with Crippen LogP contribution < -0.4 is 0 Å². The van der Waals surface area contributed by atoms with Gasteiger partial charge in [-0.15, -0.1) is 0 Å². The molecule has 0 aromatic rings. The van der Waals surface area contributed by atoms with Gasteiger partial charge < -0.3 is 0 Å². The van der Waals surface area contributed by atoms with Gasteiger partial charge in [-0.3, -0.25) is 10.1 Å². The van der Waals surface area contributed by atoms with Gasteiger partial charge in [-0.25, -0.2) is 0 Å². The SMILES string of the molecule is O=[N+]([O-])C1N=NN=N1. The highest BCUT2D eigenvalue weighted by Gasteiger charge is 2.19. The molecule has 0 unspecified atom stereocenters. The summed E-state index contributed by atoms with van der Waals surface area (Å²) in [6.45, 7) is 0. The van der Waals surface area contributed by atoms with Crippen LogP contribution in [0.3, 0.4) is 0 Å². The molecule has 1 rings (SSSR count). The average molecular weight is 115 g/mol. The molecule has 0 N–H and O–H groups in total. The van der Waals surface area contributed by atoms with Crippen LogP contribution in [0.15, 0.2) is 20.7 Å². The van der Waals surface area contributed by atoms with Crippen molar-refractivity contribution >= 4 is 0 Å². The Kier molecular flexibility index (Phi) is 0.952. The Morgan fingerprint density at radius 3 is 2.12 bits per heavy atom. The zero-order valence-corrected chi connectivity index (χ0v) is 3.63. The Balaban J connectivity index is 2.62. The van der Waals surface area contributed by atoms with Crippen molar-refractivity contribution in [2.24, 2.45) is 20.7 Å². The van der Waals surface area contributed by atoms with E-state index in [2.05, 4.69) is 20.7 Å². The van der Waals surface area contributed by atoms with Crippen molar-refractivity contribution in [2.45, 2.75) is 6.29 Å². The molecular formula is CHN5O2. The fourth-order valence-electron chi connectivity index (χ4n) is 0.246. The first-order chi connectivity index (χ1) is 3.80. The first-order valence-electron chi connectivity index (χ1n) is 1.74. The van der Waals surface area contributed by atoms with E-state index in [1.807, 2.05) is 0 Å². The van der Waals surface area contributed by atoms with Crippen molar-refractivity contribution in [3.05, 3.63) is 10.1 Å². The molecule has 0 amide bonds. The third-order valence-electron chi connectivity index (χ3n) is 0.538.